The summed E-state index contributed by atoms with van der Waals surface area (Å²) in [6.07, 6.45) is 5.50. The first-order valence-electron chi connectivity index (χ1n) is 9.66. The van der Waals surface area contributed by atoms with Crippen molar-refractivity contribution in [3.63, 3.8) is 0 Å². The van der Waals surface area contributed by atoms with Crippen LogP contribution in [0.25, 0.3) is 10.9 Å². The Morgan fingerprint density at radius 3 is 2.72 bits per heavy atom. The van der Waals surface area contributed by atoms with Crippen LogP contribution in [0.4, 0.5) is 21.7 Å². The lowest BCUT2D eigenvalue weighted by atomic mass is 9.91. The molecule has 8 heteroatoms. The lowest BCUT2D eigenvalue weighted by Gasteiger charge is -2.30. The highest BCUT2D eigenvalue weighted by Crippen LogP contribution is 2.29. The van der Waals surface area contributed by atoms with Gasteiger partial charge in [-0.25, -0.2) is 9.37 Å². The number of nitrogens with one attached hydrogen (secondary N) is 2. The van der Waals surface area contributed by atoms with E-state index in [1.54, 1.807) is 6.20 Å². The van der Waals surface area contributed by atoms with E-state index in [1.165, 1.54) is 0 Å². The van der Waals surface area contributed by atoms with Crippen molar-refractivity contribution in [2.24, 2.45) is 11.5 Å². The Bertz CT molecular complexity index is 1050. The fourth-order valence-electron chi connectivity index (χ4n) is 3.72. The fraction of sp³-hybridized carbons (Fsp3) is 0.286. The number of nitrogens with two attached hydrogens (primary N) is 2. The first kappa shape index (κ1) is 19.1. The van der Waals surface area contributed by atoms with Gasteiger partial charge in [0.2, 0.25) is 0 Å². The third-order valence-corrected chi connectivity index (χ3v) is 5.27. The largest absolute Gasteiger partial charge is 0.365 e. The Hall–Kier alpha value is -3.26. The van der Waals surface area contributed by atoms with Crippen LogP contribution in [0.1, 0.15) is 36.0 Å². The van der Waals surface area contributed by atoms with Crippen LogP contribution >= 0.6 is 0 Å². The van der Waals surface area contributed by atoms with Gasteiger partial charge < -0.3 is 22.1 Å². The van der Waals surface area contributed by atoms with Crippen molar-refractivity contribution in [1.29, 1.82) is 0 Å². The van der Waals surface area contributed by atoms with Crippen LogP contribution in [0.2, 0.25) is 0 Å². The highest BCUT2D eigenvalue weighted by molar-refractivity contribution is 6.00. The first-order chi connectivity index (χ1) is 14.0. The van der Waals surface area contributed by atoms with E-state index in [0.717, 1.165) is 37.1 Å². The van der Waals surface area contributed by atoms with Gasteiger partial charge in [-0.1, -0.05) is 31.0 Å². The first-order valence-corrected chi connectivity index (χ1v) is 9.66. The number of carbonyl (C=O) groups is 1. The van der Waals surface area contributed by atoms with Crippen molar-refractivity contribution in [1.82, 2.24) is 9.97 Å². The second-order valence-electron chi connectivity index (χ2n) is 7.28. The number of amides is 1. The minimum Gasteiger partial charge on any atom is -0.365 e. The zero-order chi connectivity index (χ0) is 20.4. The van der Waals surface area contributed by atoms with E-state index in [1.807, 2.05) is 30.3 Å². The maximum Gasteiger partial charge on any atom is 0.252 e. The third-order valence-electron chi connectivity index (χ3n) is 5.27. The van der Waals surface area contributed by atoms with Crippen molar-refractivity contribution in [2.45, 2.75) is 37.8 Å². The molecule has 1 aliphatic rings. The van der Waals surface area contributed by atoms with Crippen LogP contribution in [0, 0.1) is 5.82 Å². The number of fused-ring (bicyclic) bond motifs is 1. The van der Waals surface area contributed by atoms with Crippen LogP contribution in [0.3, 0.4) is 0 Å². The van der Waals surface area contributed by atoms with Crippen molar-refractivity contribution in [3.8, 4) is 0 Å². The monoisotopic (exact) mass is 394 g/mol. The molecule has 0 saturated heterocycles. The number of anilines is 3. The van der Waals surface area contributed by atoms with Gasteiger partial charge in [0.25, 0.3) is 5.91 Å². The number of primary amides is 1. The fourth-order valence-corrected chi connectivity index (χ4v) is 3.72. The summed E-state index contributed by atoms with van der Waals surface area (Å²) in [4.78, 5) is 20.6. The smallest absolute Gasteiger partial charge is 0.252 e. The molecule has 150 valence electrons. The summed E-state index contributed by atoms with van der Waals surface area (Å²) in [5.41, 5.74) is 13.0. The minimum atomic E-state index is -0.770. The van der Waals surface area contributed by atoms with E-state index in [9.17, 15) is 9.18 Å². The molecule has 1 fully saturated rings. The molecule has 4 rings (SSSR count). The van der Waals surface area contributed by atoms with Gasteiger partial charge >= 0.3 is 0 Å². The maximum absolute atomic E-state index is 14.7. The Labute approximate surface area is 167 Å². The summed E-state index contributed by atoms with van der Waals surface area (Å²) in [5.74, 6) is -1.19. The van der Waals surface area contributed by atoms with Gasteiger partial charge in [-0.15, -0.1) is 0 Å². The SMILES string of the molecule is NC(=O)c1cc(F)c(NC2CCCCC2N)nc1Nc1cccc2cccnc12. The number of aromatic nitrogens is 2. The lowest BCUT2D eigenvalue weighted by Crippen LogP contribution is -2.43. The quantitative estimate of drug-likeness (QED) is 0.527. The van der Waals surface area contributed by atoms with Crippen LogP contribution in [-0.4, -0.2) is 28.0 Å². The van der Waals surface area contributed by atoms with Gasteiger partial charge in [-0.3, -0.25) is 9.78 Å². The molecule has 2 unspecified atom stereocenters. The van der Waals surface area contributed by atoms with Gasteiger partial charge in [-0.05, 0) is 31.0 Å². The average Bonchev–Trinajstić information content (AvgIpc) is 2.72. The number of nitrogens with zero attached hydrogens (tertiary/aromatic N) is 2. The summed E-state index contributed by atoms with van der Waals surface area (Å²) in [6.45, 7) is 0. The zero-order valence-electron chi connectivity index (χ0n) is 15.9. The minimum absolute atomic E-state index is 0.0334. The Kier molecular flexibility index (Phi) is 5.26. The summed E-state index contributed by atoms with van der Waals surface area (Å²) < 4.78 is 14.7. The number of rotatable bonds is 5. The van der Waals surface area contributed by atoms with E-state index < -0.39 is 11.7 Å². The molecule has 1 amide bonds. The molecule has 0 bridgehead atoms. The van der Waals surface area contributed by atoms with Crippen LogP contribution in [0.5, 0.6) is 0 Å². The topological polar surface area (TPSA) is 119 Å². The molecular formula is C21H23FN6O. The molecule has 2 atom stereocenters. The summed E-state index contributed by atoms with van der Waals surface area (Å²) in [6, 6.07) is 10.3. The zero-order valence-corrected chi connectivity index (χ0v) is 15.9. The number of carbonyl (C=O) groups excluding carboxylic acids is 1. The Morgan fingerprint density at radius 1 is 1.14 bits per heavy atom. The van der Waals surface area contributed by atoms with Crippen molar-refractivity contribution in [3.05, 3.63) is 54.0 Å². The molecule has 1 aliphatic carbocycles. The summed E-state index contributed by atoms with van der Waals surface area (Å²) in [7, 11) is 0. The van der Waals surface area contributed by atoms with Crippen molar-refractivity contribution in [2.75, 3.05) is 10.6 Å². The highest BCUT2D eigenvalue weighted by atomic mass is 19.1. The molecular weight excluding hydrogens is 371 g/mol. The summed E-state index contributed by atoms with van der Waals surface area (Å²) >= 11 is 0. The molecule has 1 aromatic carbocycles. The standard InChI is InChI=1S/C21H23FN6O/c22-14-11-13(19(24)29)20(28-21(14)26-16-8-2-1-7-15(16)23)27-17-9-3-5-12-6-4-10-25-18(12)17/h3-6,9-11,15-16H,1-2,7-8,23H2,(H2,24,29)(H2,26,27,28). The molecule has 3 aromatic rings. The Morgan fingerprint density at radius 2 is 1.93 bits per heavy atom. The molecule has 7 nitrogen and oxygen atoms in total. The van der Waals surface area contributed by atoms with E-state index >= 15 is 0 Å². The second kappa shape index (κ2) is 8.00. The number of hydrogen-bond acceptors (Lipinski definition) is 6. The van der Waals surface area contributed by atoms with Crippen molar-refractivity contribution < 1.29 is 9.18 Å². The van der Waals surface area contributed by atoms with E-state index in [2.05, 4.69) is 20.6 Å². The maximum atomic E-state index is 14.7. The summed E-state index contributed by atoms with van der Waals surface area (Å²) in [5, 5.41) is 7.13. The number of benzene rings is 1. The van der Waals surface area contributed by atoms with Gasteiger partial charge in [0.1, 0.15) is 5.82 Å². The molecule has 1 saturated carbocycles. The van der Waals surface area contributed by atoms with Gasteiger partial charge in [0, 0.05) is 23.7 Å². The molecule has 0 spiro atoms. The number of pyridine rings is 2. The van der Waals surface area contributed by atoms with Crippen LogP contribution < -0.4 is 22.1 Å². The number of hydrogen-bond donors (Lipinski definition) is 4. The average molecular weight is 394 g/mol. The van der Waals surface area contributed by atoms with E-state index in [4.69, 9.17) is 11.5 Å². The normalized spacial score (nSPS) is 19.1. The highest BCUT2D eigenvalue weighted by Gasteiger charge is 2.24. The van der Waals surface area contributed by atoms with Crippen LogP contribution in [0.15, 0.2) is 42.6 Å². The third kappa shape index (κ3) is 3.97. The molecule has 29 heavy (non-hydrogen) atoms. The Balaban J connectivity index is 1.72. The number of halogens is 1. The van der Waals surface area contributed by atoms with Gasteiger partial charge in [0.05, 0.1) is 16.8 Å². The lowest BCUT2D eigenvalue weighted by molar-refractivity contribution is 0.100. The molecule has 2 aromatic heterocycles. The predicted molar refractivity (Wildman–Crippen MR) is 112 cm³/mol. The van der Waals surface area contributed by atoms with E-state index in [0.29, 0.717) is 11.2 Å². The van der Waals surface area contributed by atoms with Gasteiger partial charge in [0.15, 0.2) is 11.6 Å². The van der Waals surface area contributed by atoms with E-state index in [-0.39, 0.29) is 29.3 Å². The molecule has 2 heterocycles. The predicted octanol–water partition coefficient (Wildman–Crippen LogP) is 3.29. The molecule has 0 aliphatic heterocycles. The number of para-hydroxylation sites is 1. The molecule has 6 N–H and O–H groups in total. The van der Waals surface area contributed by atoms with Crippen LogP contribution in [-0.2, 0) is 0 Å². The molecule has 0 radical (unpaired) electrons. The van der Waals surface area contributed by atoms with Crippen molar-refractivity contribution >= 4 is 34.1 Å². The second-order valence-corrected chi connectivity index (χ2v) is 7.28. The van der Waals surface area contributed by atoms with Gasteiger partial charge in [-0.2, -0.15) is 0 Å².